The van der Waals surface area contributed by atoms with E-state index in [1.807, 2.05) is 12.1 Å². The lowest BCUT2D eigenvalue weighted by molar-refractivity contribution is 0.489. The molecule has 6 aromatic rings. The quantitative estimate of drug-likeness (QED) is 0.282. The molecule has 0 fully saturated rings. The van der Waals surface area contributed by atoms with Gasteiger partial charge in [0.1, 0.15) is 11.5 Å². The fraction of sp³-hybridized carbons (Fsp3) is 0. The number of para-hydroxylation sites is 1. The van der Waals surface area contributed by atoms with Crippen molar-refractivity contribution in [3.8, 4) is 44.9 Å². The van der Waals surface area contributed by atoms with Gasteiger partial charge in [0.2, 0.25) is 0 Å². The fourth-order valence-corrected chi connectivity index (χ4v) is 5.15. The SMILES string of the molecule is c1ccc(-c2ccc(Nc3ccc4cccc5c4c3-c3cccc(-c4ccccc4)c3O5)cc2)cc1. The third-order valence-corrected chi connectivity index (χ3v) is 6.86. The molecule has 0 saturated heterocycles. The Labute approximate surface area is 210 Å². The first-order chi connectivity index (χ1) is 17.8. The van der Waals surface area contributed by atoms with Crippen LogP contribution in [-0.4, -0.2) is 0 Å². The van der Waals surface area contributed by atoms with Crippen LogP contribution in [0.4, 0.5) is 11.4 Å². The van der Waals surface area contributed by atoms with Crippen molar-refractivity contribution < 1.29 is 4.74 Å². The molecule has 0 saturated carbocycles. The Morgan fingerprint density at radius 1 is 0.472 bits per heavy atom. The van der Waals surface area contributed by atoms with Crippen molar-refractivity contribution in [3.63, 3.8) is 0 Å². The van der Waals surface area contributed by atoms with Crippen LogP contribution in [0.25, 0.3) is 44.2 Å². The maximum atomic E-state index is 6.58. The molecule has 7 rings (SSSR count). The number of nitrogens with one attached hydrogen (secondary N) is 1. The average molecular weight is 462 g/mol. The summed E-state index contributed by atoms with van der Waals surface area (Å²) in [6.45, 7) is 0. The normalized spacial score (nSPS) is 11.6. The zero-order valence-electron chi connectivity index (χ0n) is 19.6. The summed E-state index contributed by atoms with van der Waals surface area (Å²) in [5.41, 5.74) is 9.05. The van der Waals surface area contributed by atoms with Crippen molar-refractivity contribution in [1.82, 2.24) is 0 Å². The summed E-state index contributed by atoms with van der Waals surface area (Å²) in [7, 11) is 0. The second kappa shape index (κ2) is 8.44. The molecule has 0 atom stereocenters. The highest BCUT2D eigenvalue weighted by Crippen LogP contribution is 2.52. The van der Waals surface area contributed by atoms with Crippen LogP contribution < -0.4 is 10.1 Å². The lowest BCUT2D eigenvalue weighted by Gasteiger charge is -2.26. The summed E-state index contributed by atoms with van der Waals surface area (Å²) in [6.07, 6.45) is 0. The fourth-order valence-electron chi connectivity index (χ4n) is 5.15. The van der Waals surface area contributed by atoms with Gasteiger partial charge in [0.25, 0.3) is 0 Å². The molecule has 0 spiro atoms. The number of ether oxygens (including phenoxy) is 1. The predicted octanol–water partition coefficient (Wildman–Crippen LogP) is 9.69. The van der Waals surface area contributed by atoms with Crippen molar-refractivity contribution in [2.75, 3.05) is 5.32 Å². The third-order valence-electron chi connectivity index (χ3n) is 6.86. The first kappa shape index (κ1) is 20.5. The summed E-state index contributed by atoms with van der Waals surface area (Å²) >= 11 is 0. The van der Waals surface area contributed by atoms with Crippen LogP contribution in [0.3, 0.4) is 0 Å². The standard InChI is InChI=1S/C34H23NO/c1-3-9-23(10-4-1)24-17-20-27(21-18-24)35-30-22-19-26-13-7-16-31-32(26)33(30)29-15-8-14-28(34(29)36-31)25-11-5-2-6-12-25/h1-22,35H. The zero-order chi connectivity index (χ0) is 23.9. The molecule has 1 N–H and O–H groups in total. The summed E-state index contributed by atoms with van der Waals surface area (Å²) in [4.78, 5) is 0. The first-order valence-corrected chi connectivity index (χ1v) is 12.2. The van der Waals surface area contributed by atoms with Gasteiger partial charge in [-0.1, -0.05) is 109 Å². The Morgan fingerprint density at radius 2 is 1.14 bits per heavy atom. The molecule has 0 bridgehead atoms. The molecule has 0 aromatic heterocycles. The van der Waals surface area contributed by atoms with Crippen LogP contribution in [0.5, 0.6) is 11.5 Å². The molecule has 0 unspecified atom stereocenters. The molecule has 0 radical (unpaired) electrons. The van der Waals surface area contributed by atoms with Gasteiger partial charge in [0.15, 0.2) is 0 Å². The molecule has 36 heavy (non-hydrogen) atoms. The van der Waals surface area contributed by atoms with Gasteiger partial charge in [0.05, 0.1) is 0 Å². The smallest absolute Gasteiger partial charge is 0.143 e. The van der Waals surface area contributed by atoms with Gasteiger partial charge in [-0.3, -0.25) is 0 Å². The van der Waals surface area contributed by atoms with E-state index in [2.05, 4.69) is 127 Å². The van der Waals surface area contributed by atoms with Gasteiger partial charge in [-0.2, -0.15) is 0 Å². The van der Waals surface area contributed by atoms with Crippen LogP contribution in [0.2, 0.25) is 0 Å². The maximum absolute atomic E-state index is 6.58. The van der Waals surface area contributed by atoms with Crippen molar-refractivity contribution >= 4 is 22.1 Å². The predicted molar refractivity (Wildman–Crippen MR) is 150 cm³/mol. The lowest BCUT2D eigenvalue weighted by Crippen LogP contribution is -2.02. The van der Waals surface area contributed by atoms with E-state index in [0.717, 1.165) is 45.0 Å². The van der Waals surface area contributed by atoms with E-state index >= 15 is 0 Å². The van der Waals surface area contributed by atoms with Gasteiger partial charge < -0.3 is 10.1 Å². The molecule has 0 amide bonds. The molecule has 1 aliphatic heterocycles. The van der Waals surface area contributed by atoms with Gasteiger partial charge in [-0.25, -0.2) is 0 Å². The molecule has 1 heterocycles. The van der Waals surface area contributed by atoms with Crippen molar-refractivity contribution in [2.45, 2.75) is 0 Å². The second-order valence-electron chi connectivity index (χ2n) is 9.06. The molecule has 2 heteroatoms. The van der Waals surface area contributed by atoms with E-state index in [-0.39, 0.29) is 0 Å². The Hall–Kier alpha value is -4.82. The minimum Gasteiger partial charge on any atom is -0.455 e. The van der Waals surface area contributed by atoms with Gasteiger partial charge in [-0.05, 0) is 46.3 Å². The number of benzene rings is 6. The molecule has 1 aliphatic rings. The second-order valence-corrected chi connectivity index (χ2v) is 9.06. The van der Waals surface area contributed by atoms with Crippen molar-refractivity contribution in [1.29, 1.82) is 0 Å². The average Bonchev–Trinajstić information content (AvgIpc) is 2.95. The third kappa shape index (κ3) is 3.43. The number of fused-ring (bicyclic) bond motifs is 2. The Balaban J connectivity index is 1.36. The first-order valence-electron chi connectivity index (χ1n) is 12.2. The summed E-state index contributed by atoms with van der Waals surface area (Å²) in [5.74, 6) is 1.79. The summed E-state index contributed by atoms with van der Waals surface area (Å²) in [6, 6.07) is 46.6. The van der Waals surface area contributed by atoms with Gasteiger partial charge in [0, 0.05) is 33.5 Å². The van der Waals surface area contributed by atoms with E-state index in [1.165, 1.54) is 22.1 Å². The Bertz CT molecular complexity index is 1700. The molecular weight excluding hydrogens is 438 g/mol. The van der Waals surface area contributed by atoms with E-state index < -0.39 is 0 Å². The molecule has 170 valence electrons. The Kier molecular flexibility index (Phi) is 4.82. The van der Waals surface area contributed by atoms with Crippen molar-refractivity contribution in [2.24, 2.45) is 0 Å². The topological polar surface area (TPSA) is 21.3 Å². The van der Waals surface area contributed by atoms with Gasteiger partial charge in [-0.15, -0.1) is 0 Å². The monoisotopic (exact) mass is 461 g/mol. The zero-order valence-corrected chi connectivity index (χ0v) is 19.6. The minimum absolute atomic E-state index is 0.890. The van der Waals surface area contributed by atoms with Crippen LogP contribution in [-0.2, 0) is 0 Å². The Morgan fingerprint density at radius 3 is 1.92 bits per heavy atom. The molecule has 0 aliphatic carbocycles. The number of anilines is 2. The van der Waals surface area contributed by atoms with E-state index in [9.17, 15) is 0 Å². The van der Waals surface area contributed by atoms with Crippen LogP contribution in [0.1, 0.15) is 0 Å². The van der Waals surface area contributed by atoms with E-state index in [0.29, 0.717) is 0 Å². The lowest BCUT2D eigenvalue weighted by atomic mass is 9.90. The van der Waals surface area contributed by atoms with E-state index in [1.54, 1.807) is 0 Å². The van der Waals surface area contributed by atoms with Crippen molar-refractivity contribution in [3.05, 3.63) is 133 Å². The minimum atomic E-state index is 0.890. The highest BCUT2D eigenvalue weighted by atomic mass is 16.5. The van der Waals surface area contributed by atoms with Crippen LogP contribution in [0.15, 0.2) is 133 Å². The number of hydrogen-bond donors (Lipinski definition) is 1. The van der Waals surface area contributed by atoms with Crippen LogP contribution >= 0.6 is 0 Å². The summed E-state index contributed by atoms with van der Waals surface area (Å²) in [5, 5.41) is 6.01. The highest BCUT2D eigenvalue weighted by molar-refractivity contribution is 6.10. The number of hydrogen-bond acceptors (Lipinski definition) is 2. The van der Waals surface area contributed by atoms with Crippen LogP contribution in [0, 0.1) is 0 Å². The van der Waals surface area contributed by atoms with Gasteiger partial charge >= 0.3 is 0 Å². The highest BCUT2D eigenvalue weighted by Gasteiger charge is 2.25. The summed E-state index contributed by atoms with van der Waals surface area (Å²) < 4.78 is 6.58. The largest absolute Gasteiger partial charge is 0.455 e. The van der Waals surface area contributed by atoms with E-state index in [4.69, 9.17) is 4.74 Å². The molecule has 6 aromatic carbocycles. The molecule has 2 nitrogen and oxygen atoms in total. The number of rotatable bonds is 4. The maximum Gasteiger partial charge on any atom is 0.143 e. The molecular formula is C34H23NO.